The lowest BCUT2D eigenvalue weighted by Crippen LogP contribution is -2.34. The molecule has 9 N–H and O–H groups in total. The first-order valence-corrected chi connectivity index (χ1v) is 17.3. The van der Waals surface area contributed by atoms with Crippen molar-refractivity contribution in [2.75, 3.05) is 13.3 Å². The molecule has 47 heavy (non-hydrogen) atoms. The summed E-state index contributed by atoms with van der Waals surface area (Å²) in [7, 11) is -16.9. The second-order valence-electron chi connectivity index (χ2n) is 9.46. The van der Waals surface area contributed by atoms with Gasteiger partial charge < -0.3 is 49.6 Å². The van der Waals surface area contributed by atoms with E-state index in [1.54, 1.807) is 0 Å². The molecule has 0 radical (unpaired) electrons. The standard InChI is InChI=1S/C22H25N4O18P3/c27-13-2-1-11-5-14(21(31)42-16(11)6-13)20(30)24-10-23-4-3-12-8-26(22(32)25-19(12)29)18-7-15(28)17(41-18)9-40-46(36,37)44-47(38,39)43-45(33,34)35/h1-6,8,15,17-18,23,27-28H,7,9-10H2,(H,24,30)(H,36,37)(H,38,39)(H,25,29,32)(H2,33,34,35)/b4-3+/t15-,17+,18+/m0/s1. The van der Waals surface area contributed by atoms with Gasteiger partial charge in [-0.15, -0.1) is 0 Å². The average Bonchev–Trinajstić information content (AvgIpc) is 3.30. The fourth-order valence-electron chi connectivity index (χ4n) is 4.03. The van der Waals surface area contributed by atoms with Crippen molar-refractivity contribution in [3.05, 3.63) is 79.0 Å². The number of phenols is 1. The summed E-state index contributed by atoms with van der Waals surface area (Å²) >= 11 is 0. The van der Waals surface area contributed by atoms with Crippen molar-refractivity contribution in [3.8, 4) is 5.75 Å². The lowest BCUT2D eigenvalue weighted by Gasteiger charge is -2.19. The number of aliphatic hydroxyl groups is 1. The van der Waals surface area contributed by atoms with Crippen molar-refractivity contribution in [1.82, 2.24) is 20.2 Å². The lowest BCUT2D eigenvalue weighted by atomic mass is 10.1. The first-order valence-electron chi connectivity index (χ1n) is 12.7. The summed E-state index contributed by atoms with van der Waals surface area (Å²) < 4.78 is 57.1. The Bertz CT molecular complexity index is 2020. The number of rotatable bonds is 13. The van der Waals surface area contributed by atoms with Crippen LogP contribution in [0.1, 0.15) is 28.6 Å². The molecule has 3 aromatic rings. The predicted octanol–water partition coefficient (Wildman–Crippen LogP) is -0.712. The highest BCUT2D eigenvalue weighted by Gasteiger charge is 2.43. The molecule has 4 rings (SSSR count). The predicted molar refractivity (Wildman–Crippen MR) is 154 cm³/mol. The number of hydrogen-bond acceptors (Lipinski definition) is 15. The Labute approximate surface area is 260 Å². The largest absolute Gasteiger partial charge is 0.508 e. The number of hydrogen-bond donors (Lipinski definition) is 9. The van der Waals surface area contributed by atoms with Crippen LogP contribution < -0.4 is 27.5 Å². The molecular weight excluding hydrogens is 701 g/mol. The first-order chi connectivity index (χ1) is 21.8. The molecule has 3 heterocycles. The van der Waals surface area contributed by atoms with Gasteiger partial charge in [0, 0.05) is 24.1 Å². The van der Waals surface area contributed by atoms with Crippen LogP contribution in [0.2, 0.25) is 0 Å². The maximum Gasteiger partial charge on any atom is 0.490 e. The summed E-state index contributed by atoms with van der Waals surface area (Å²) in [5, 5.41) is 25.2. The van der Waals surface area contributed by atoms with Crippen molar-refractivity contribution in [1.29, 1.82) is 0 Å². The number of fused-ring (bicyclic) bond motifs is 1. The number of amides is 1. The van der Waals surface area contributed by atoms with Crippen molar-refractivity contribution in [2.45, 2.75) is 24.9 Å². The van der Waals surface area contributed by atoms with E-state index in [1.165, 1.54) is 36.5 Å². The SMILES string of the molecule is O=C(NCN/C=C/c1cn([C@H]2C[C@H](O)[C@@H](COP(=O)(O)OP(=O)(O)OP(=O)(O)O)O2)c(=O)[nH]c1=O)c1cc2ccc(O)cc2oc1=O. The van der Waals surface area contributed by atoms with Crippen LogP contribution in [0.3, 0.4) is 0 Å². The smallest absolute Gasteiger partial charge is 0.490 e. The van der Waals surface area contributed by atoms with Crippen LogP contribution >= 0.6 is 23.5 Å². The van der Waals surface area contributed by atoms with Gasteiger partial charge in [0.15, 0.2) is 0 Å². The Balaban J connectivity index is 1.34. The number of nitrogens with one attached hydrogen (secondary N) is 3. The summed E-state index contributed by atoms with van der Waals surface area (Å²) in [5.74, 6) is -0.922. The third kappa shape index (κ3) is 9.88. The highest BCUT2D eigenvalue weighted by Crippen LogP contribution is 2.66. The second-order valence-corrected chi connectivity index (χ2v) is 13.9. The highest BCUT2D eigenvalue weighted by atomic mass is 31.3. The fourth-order valence-corrected chi connectivity index (χ4v) is 7.06. The van der Waals surface area contributed by atoms with E-state index in [0.717, 1.165) is 10.8 Å². The zero-order valence-corrected chi connectivity index (χ0v) is 25.9. The van der Waals surface area contributed by atoms with Crippen LogP contribution in [0.4, 0.5) is 0 Å². The van der Waals surface area contributed by atoms with E-state index in [2.05, 4.69) is 23.8 Å². The van der Waals surface area contributed by atoms with E-state index in [9.17, 15) is 52.9 Å². The van der Waals surface area contributed by atoms with Crippen molar-refractivity contribution >= 4 is 46.4 Å². The van der Waals surface area contributed by atoms with E-state index in [0.29, 0.717) is 5.39 Å². The van der Waals surface area contributed by atoms with Gasteiger partial charge in [-0.1, -0.05) is 0 Å². The number of nitrogens with zero attached hydrogens (tertiary/aromatic N) is 1. The Morgan fingerprint density at radius 1 is 1.09 bits per heavy atom. The van der Waals surface area contributed by atoms with Crippen molar-refractivity contribution in [2.24, 2.45) is 0 Å². The van der Waals surface area contributed by atoms with Gasteiger partial charge >= 0.3 is 34.8 Å². The minimum Gasteiger partial charge on any atom is -0.508 e. The number of aliphatic hydroxyl groups excluding tert-OH is 1. The Kier molecular flexibility index (Phi) is 10.9. The molecule has 1 saturated heterocycles. The van der Waals surface area contributed by atoms with Gasteiger partial charge in [0.2, 0.25) is 0 Å². The Morgan fingerprint density at radius 3 is 2.51 bits per heavy atom. The zero-order valence-electron chi connectivity index (χ0n) is 23.3. The number of aromatic amines is 1. The van der Waals surface area contributed by atoms with Gasteiger partial charge in [-0.3, -0.25) is 23.7 Å². The minimum atomic E-state index is -5.77. The molecule has 256 valence electrons. The molecule has 0 aliphatic carbocycles. The number of carbonyl (C=O) groups is 1. The van der Waals surface area contributed by atoms with Gasteiger partial charge in [-0.2, -0.15) is 8.62 Å². The number of ether oxygens (including phenoxy) is 1. The monoisotopic (exact) mass is 726 g/mol. The summed E-state index contributed by atoms with van der Waals surface area (Å²) in [4.78, 5) is 87.4. The van der Waals surface area contributed by atoms with Crippen molar-refractivity contribution < 1.29 is 70.6 Å². The summed E-state index contributed by atoms with van der Waals surface area (Å²) in [6.07, 6.45) is -0.984. The molecule has 1 aliphatic heterocycles. The number of phenolic OH excluding ortho intramolecular Hbond substituents is 1. The normalized spacial score (nSPS) is 21.0. The molecular formula is C22H25N4O18P3. The molecule has 1 fully saturated rings. The van der Waals surface area contributed by atoms with E-state index >= 15 is 0 Å². The maximum atomic E-state index is 12.4. The highest BCUT2D eigenvalue weighted by molar-refractivity contribution is 7.66. The Morgan fingerprint density at radius 2 is 1.81 bits per heavy atom. The second kappa shape index (κ2) is 14.2. The quantitative estimate of drug-likeness (QED) is 0.0454. The van der Waals surface area contributed by atoms with E-state index in [4.69, 9.17) is 18.9 Å². The number of phosphoric acid groups is 3. The first kappa shape index (κ1) is 36.1. The molecule has 0 saturated carbocycles. The Hall–Kier alpha value is -3.75. The van der Waals surface area contributed by atoms with E-state index in [1.807, 2.05) is 4.98 Å². The molecule has 25 heteroatoms. The summed E-state index contributed by atoms with van der Waals surface area (Å²) in [6.45, 7) is -1.21. The zero-order chi connectivity index (χ0) is 34.7. The molecule has 1 amide bonds. The topological polar surface area (TPSA) is 336 Å². The number of H-pyrrole nitrogens is 1. The average molecular weight is 726 g/mol. The molecule has 2 aromatic heterocycles. The lowest BCUT2D eigenvalue weighted by molar-refractivity contribution is -0.0450. The fraction of sp³-hybridized carbons (Fsp3) is 0.273. The molecule has 22 nitrogen and oxygen atoms in total. The molecule has 2 unspecified atom stereocenters. The third-order valence-electron chi connectivity index (χ3n) is 6.02. The summed E-state index contributed by atoms with van der Waals surface area (Å²) in [6, 6.07) is 5.29. The van der Waals surface area contributed by atoms with Crippen LogP contribution in [0.5, 0.6) is 5.75 Å². The molecule has 0 spiro atoms. The number of phosphoric ester groups is 1. The van der Waals surface area contributed by atoms with Gasteiger partial charge in [0.25, 0.3) is 11.5 Å². The molecule has 1 aromatic carbocycles. The van der Waals surface area contributed by atoms with Gasteiger partial charge in [-0.25, -0.2) is 23.3 Å². The van der Waals surface area contributed by atoms with Gasteiger partial charge in [-0.05, 0) is 30.5 Å². The van der Waals surface area contributed by atoms with E-state index < -0.39 is 71.3 Å². The minimum absolute atomic E-state index is 0.0791. The van der Waals surface area contributed by atoms with Crippen LogP contribution in [-0.4, -0.2) is 70.7 Å². The number of carbonyl (C=O) groups excluding carboxylic acids is 1. The maximum absolute atomic E-state index is 12.4. The van der Waals surface area contributed by atoms with Crippen LogP contribution in [0, 0.1) is 0 Å². The molecule has 5 atom stereocenters. The van der Waals surface area contributed by atoms with Crippen molar-refractivity contribution in [3.63, 3.8) is 0 Å². The van der Waals surface area contributed by atoms with Crippen LogP contribution in [-0.2, 0) is 31.6 Å². The third-order valence-corrected chi connectivity index (χ3v) is 9.83. The van der Waals surface area contributed by atoms with Crippen LogP contribution in [0.15, 0.2) is 55.5 Å². The van der Waals surface area contributed by atoms with Gasteiger partial charge in [0.1, 0.15) is 29.2 Å². The van der Waals surface area contributed by atoms with Gasteiger partial charge in [0.05, 0.1) is 24.9 Å². The number of aromatic nitrogens is 2. The molecule has 1 aliphatic rings. The molecule has 0 bridgehead atoms. The van der Waals surface area contributed by atoms with E-state index in [-0.39, 0.29) is 35.5 Å². The number of aromatic hydroxyl groups is 1. The number of benzene rings is 1. The summed E-state index contributed by atoms with van der Waals surface area (Å²) in [5.41, 5.74) is -3.09. The van der Waals surface area contributed by atoms with Crippen LogP contribution in [0.25, 0.3) is 17.0 Å².